The Morgan fingerprint density at radius 2 is 1.80 bits per heavy atom. The van der Waals surface area contributed by atoms with Crippen molar-refractivity contribution >= 4 is 27.7 Å². The van der Waals surface area contributed by atoms with Crippen LogP contribution in [-0.2, 0) is 24.4 Å². The quantitative estimate of drug-likeness (QED) is 0.436. The van der Waals surface area contributed by atoms with E-state index < -0.39 is 50.6 Å². The molecule has 12 nitrogen and oxygen atoms in total. The number of aromatic nitrogens is 2. The summed E-state index contributed by atoms with van der Waals surface area (Å²) in [7, 11) is -0.570. The Morgan fingerprint density at radius 1 is 1.07 bits per heavy atom. The minimum atomic E-state index is -3.81. The van der Waals surface area contributed by atoms with Crippen molar-refractivity contribution in [3.63, 3.8) is 0 Å². The van der Waals surface area contributed by atoms with Crippen LogP contribution in [0.15, 0.2) is 48.6 Å². The van der Waals surface area contributed by atoms with Gasteiger partial charge in [0, 0.05) is 25.1 Å². The van der Waals surface area contributed by atoms with E-state index in [0.29, 0.717) is 31.1 Å². The van der Waals surface area contributed by atoms with Gasteiger partial charge in [-0.3, -0.25) is 19.1 Å². The van der Waals surface area contributed by atoms with E-state index in [9.17, 15) is 22.8 Å². The zero-order chi connectivity index (χ0) is 31.8. The normalized spacial score (nSPS) is 28.7. The van der Waals surface area contributed by atoms with Gasteiger partial charge in [0.1, 0.15) is 11.6 Å². The summed E-state index contributed by atoms with van der Waals surface area (Å²) in [5, 5.41) is 2.33. The highest BCUT2D eigenvalue weighted by Crippen LogP contribution is 2.47. The number of fused-ring (bicyclic) bond motifs is 2. The summed E-state index contributed by atoms with van der Waals surface area (Å²) in [5.74, 6) is -2.20. The van der Waals surface area contributed by atoms with Crippen LogP contribution in [-0.4, -0.2) is 78.6 Å². The Balaban J connectivity index is 1.26. The van der Waals surface area contributed by atoms with Crippen LogP contribution in [0.1, 0.15) is 51.4 Å². The van der Waals surface area contributed by atoms with E-state index >= 15 is 0 Å². The number of sulfonamides is 1. The monoisotopic (exact) mass is 637 g/mol. The molecule has 5 atom stereocenters. The predicted molar refractivity (Wildman–Crippen MR) is 164 cm³/mol. The third-order valence-electron chi connectivity index (χ3n) is 9.20. The van der Waals surface area contributed by atoms with Crippen molar-refractivity contribution in [3.8, 4) is 23.1 Å². The van der Waals surface area contributed by atoms with Crippen molar-refractivity contribution in [3.05, 3.63) is 48.6 Å². The summed E-state index contributed by atoms with van der Waals surface area (Å²) < 4.78 is 39.2. The van der Waals surface area contributed by atoms with Crippen LogP contribution in [0.4, 0.5) is 0 Å². The maximum Gasteiger partial charge on any atom is 0.259 e. The molecule has 45 heavy (non-hydrogen) atoms. The van der Waals surface area contributed by atoms with Gasteiger partial charge in [0.25, 0.3) is 5.91 Å². The second kappa shape index (κ2) is 12.4. The molecule has 2 aromatic rings. The number of nitrogens with one attached hydrogen (secondary N) is 2. The number of amides is 3. The summed E-state index contributed by atoms with van der Waals surface area (Å²) in [5.41, 5.74) is -0.611. The number of rotatable bonds is 7. The van der Waals surface area contributed by atoms with Gasteiger partial charge in [-0.25, -0.2) is 8.42 Å². The average molecular weight is 638 g/mol. The average Bonchev–Trinajstić information content (AvgIpc) is 3.95. The highest BCUT2D eigenvalue weighted by Gasteiger charge is 2.62. The fraction of sp³-hybridized carbons (Fsp3) is 0.531. The zero-order valence-corrected chi connectivity index (χ0v) is 26.3. The molecule has 0 radical (unpaired) electrons. The van der Waals surface area contributed by atoms with E-state index in [1.165, 1.54) is 7.11 Å². The van der Waals surface area contributed by atoms with Gasteiger partial charge >= 0.3 is 0 Å². The molecular formula is C32H39N5O7S. The third kappa shape index (κ3) is 6.68. The van der Waals surface area contributed by atoms with Gasteiger partial charge in [-0.2, -0.15) is 9.97 Å². The molecular weight excluding hydrogens is 598 g/mol. The Labute approximate surface area is 263 Å². The van der Waals surface area contributed by atoms with Crippen molar-refractivity contribution in [2.75, 3.05) is 20.7 Å². The van der Waals surface area contributed by atoms with Gasteiger partial charge in [-0.15, -0.1) is 0 Å². The van der Waals surface area contributed by atoms with Gasteiger partial charge < -0.3 is 19.7 Å². The molecule has 0 saturated heterocycles. The van der Waals surface area contributed by atoms with E-state index in [2.05, 4.69) is 20.0 Å². The summed E-state index contributed by atoms with van der Waals surface area (Å²) in [6, 6.07) is 11.0. The fourth-order valence-electron chi connectivity index (χ4n) is 6.35. The molecule has 2 heterocycles. The molecule has 4 aliphatic rings. The number of hydrogen-bond acceptors (Lipinski definition) is 9. The first-order valence-electron chi connectivity index (χ1n) is 15.5. The van der Waals surface area contributed by atoms with Crippen LogP contribution in [0.25, 0.3) is 11.4 Å². The lowest BCUT2D eigenvalue weighted by Crippen LogP contribution is -2.54. The number of carbonyl (C=O) groups is 3. The van der Waals surface area contributed by atoms with Crippen LogP contribution < -0.4 is 19.5 Å². The third-order valence-corrected chi connectivity index (χ3v) is 11.0. The Bertz CT molecular complexity index is 1600. The van der Waals surface area contributed by atoms with Crippen LogP contribution in [0.5, 0.6) is 11.8 Å². The lowest BCUT2D eigenvalue weighted by Gasteiger charge is -2.26. The van der Waals surface area contributed by atoms with Gasteiger partial charge in [0.2, 0.25) is 33.6 Å². The maximum absolute atomic E-state index is 14.0. The highest BCUT2D eigenvalue weighted by atomic mass is 32.2. The summed E-state index contributed by atoms with van der Waals surface area (Å²) >= 11 is 0. The van der Waals surface area contributed by atoms with Crippen LogP contribution in [0.2, 0.25) is 0 Å². The topological polar surface area (TPSA) is 157 Å². The van der Waals surface area contributed by atoms with E-state index in [4.69, 9.17) is 9.47 Å². The van der Waals surface area contributed by atoms with Gasteiger partial charge in [-0.1, -0.05) is 42.5 Å². The number of methoxy groups -OCH3 is 1. The molecule has 0 unspecified atom stereocenters. The van der Waals surface area contributed by atoms with E-state index in [1.54, 1.807) is 18.0 Å². The van der Waals surface area contributed by atoms with Crippen LogP contribution >= 0.6 is 0 Å². The second-order valence-electron chi connectivity index (χ2n) is 12.5. The van der Waals surface area contributed by atoms with Gasteiger partial charge in [0.15, 0.2) is 5.82 Å². The number of carbonyl (C=O) groups excluding carboxylic acids is 3. The molecule has 13 heteroatoms. The molecule has 240 valence electrons. The van der Waals surface area contributed by atoms with E-state index in [-0.39, 0.29) is 37.0 Å². The summed E-state index contributed by atoms with van der Waals surface area (Å²) in [6.45, 7) is 0.557. The molecule has 3 aliphatic carbocycles. The van der Waals surface area contributed by atoms with Crippen LogP contribution in [0, 0.1) is 17.8 Å². The maximum atomic E-state index is 14.0. The Hall–Kier alpha value is -4.00. The van der Waals surface area contributed by atoms with Gasteiger partial charge in [-0.05, 0) is 51.4 Å². The SMILES string of the molecule is COc1cc(O[C@@H]2C[C@H]3C(=O)N[C@]4(C(=O)NS(=O)(=O)C5CC5)C[C@H]4C=CCCCCN(C)C(=O)[C@@H]3C2)nc(-c2ccccc2)n1. The fourth-order valence-corrected chi connectivity index (χ4v) is 7.71. The van der Waals surface area contributed by atoms with Crippen molar-refractivity contribution < 1.29 is 32.3 Å². The van der Waals surface area contributed by atoms with E-state index in [1.807, 2.05) is 42.5 Å². The number of allylic oxidation sites excluding steroid dienone is 1. The highest BCUT2D eigenvalue weighted by molar-refractivity contribution is 7.91. The zero-order valence-electron chi connectivity index (χ0n) is 25.5. The number of benzene rings is 1. The lowest BCUT2D eigenvalue weighted by molar-refractivity contribution is -0.140. The predicted octanol–water partition coefficient (Wildman–Crippen LogP) is 2.61. The molecule has 3 amide bonds. The number of hydrogen-bond donors (Lipinski definition) is 2. The smallest absolute Gasteiger partial charge is 0.259 e. The molecule has 0 bridgehead atoms. The van der Waals surface area contributed by atoms with Gasteiger partial charge in [0.05, 0.1) is 30.3 Å². The number of nitrogens with zero attached hydrogens (tertiary/aromatic N) is 3. The largest absolute Gasteiger partial charge is 0.481 e. The molecule has 1 aromatic heterocycles. The molecule has 3 saturated carbocycles. The summed E-state index contributed by atoms with van der Waals surface area (Å²) in [6.07, 6.45) is 7.51. The lowest BCUT2D eigenvalue weighted by atomic mass is 9.93. The molecule has 1 aliphatic heterocycles. The summed E-state index contributed by atoms with van der Waals surface area (Å²) in [4.78, 5) is 51.8. The first kappa shape index (κ1) is 31.0. The Morgan fingerprint density at radius 3 is 2.53 bits per heavy atom. The molecule has 1 aromatic carbocycles. The number of ether oxygens (including phenoxy) is 2. The van der Waals surface area contributed by atoms with Crippen LogP contribution in [0.3, 0.4) is 0 Å². The minimum absolute atomic E-state index is 0.166. The second-order valence-corrected chi connectivity index (χ2v) is 14.5. The van der Waals surface area contributed by atoms with Crippen molar-refractivity contribution in [1.29, 1.82) is 0 Å². The minimum Gasteiger partial charge on any atom is -0.481 e. The van der Waals surface area contributed by atoms with E-state index in [0.717, 1.165) is 24.8 Å². The Kier molecular flexibility index (Phi) is 8.55. The van der Waals surface area contributed by atoms with Crippen molar-refractivity contribution in [1.82, 2.24) is 24.9 Å². The first-order valence-corrected chi connectivity index (χ1v) is 17.1. The first-order chi connectivity index (χ1) is 21.6. The van der Waals surface area contributed by atoms with Crippen molar-refractivity contribution in [2.45, 2.75) is 68.3 Å². The van der Waals surface area contributed by atoms with Crippen molar-refractivity contribution in [2.24, 2.45) is 17.8 Å². The molecule has 2 N–H and O–H groups in total. The molecule has 3 fully saturated rings. The molecule has 6 rings (SSSR count). The standard InChI is InChI=1S/C32H39N5O7S/c1-37-15-9-4-3-8-12-21-19-32(21,31(40)36-45(41,42)23-13-14-23)35-29(38)24-16-22(17-25(24)30(37)39)44-27-18-26(43-2)33-28(34-27)20-10-6-5-7-11-20/h5-8,10-12,18,21-25H,3-4,9,13-17,19H2,1-2H3,(H,35,38)(H,36,40)/t21-,22-,24-,25-,32-/m1/s1. The molecule has 0 spiro atoms.